The van der Waals surface area contributed by atoms with E-state index in [1.54, 1.807) is 0 Å². The second-order valence-electron chi connectivity index (χ2n) is 4.66. The minimum absolute atomic E-state index is 0.242. The van der Waals surface area contributed by atoms with Crippen molar-refractivity contribution in [2.45, 2.75) is 19.5 Å². The maximum Gasteiger partial charge on any atom is 0.331 e. The highest BCUT2D eigenvalue weighted by Gasteiger charge is 2.36. The third-order valence-electron chi connectivity index (χ3n) is 3.15. The second kappa shape index (κ2) is 4.87. The molecule has 1 amide bonds. The third kappa shape index (κ3) is 2.51. The van der Waals surface area contributed by atoms with E-state index in [2.05, 4.69) is 0 Å². The number of carbonyl (C=O) groups excluding carboxylic acids is 1. The summed E-state index contributed by atoms with van der Waals surface area (Å²) in [6, 6.07) is 0.517. The van der Waals surface area contributed by atoms with E-state index in [9.17, 15) is 22.8 Å². The molecule has 1 aliphatic heterocycles. The number of amides is 1. The summed E-state index contributed by atoms with van der Waals surface area (Å²) in [6.45, 7) is 1.18. The molecule has 0 saturated carbocycles. The Hall–Kier alpha value is -1.94. The standard InChI is InChI=1S/C10H14N4O5S/c1-6-2-9(16)14(7-4-20(18,19)5-7)10(17)13(6)3-8(15)12-11/h2,7H,3-5,11H2,1H3,(H,12,15). The van der Waals surface area contributed by atoms with Crippen LogP contribution in [0, 0.1) is 6.92 Å². The number of hydrogen-bond donors (Lipinski definition) is 2. The third-order valence-corrected chi connectivity index (χ3v) is 4.94. The van der Waals surface area contributed by atoms with Gasteiger partial charge < -0.3 is 0 Å². The number of nitrogens with two attached hydrogens (primary N) is 1. The number of rotatable bonds is 3. The number of nitrogens with zero attached hydrogens (tertiary/aromatic N) is 2. The zero-order valence-electron chi connectivity index (χ0n) is 10.7. The number of aromatic nitrogens is 2. The number of carbonyl (C=O) groups is 1. The van der Waals surface area contributed by atoms with Crippen LogP contribution >= 0.6 is 0 Å². The molecule has 2 heterocycles. The predicted octanol–water partition coefficient (Wildman–Crippen LogP) is -2.72. The van der Waals surface area contributed by atoms with E-state index in [-0.39, 0.29) is 18.1 Å². The fourth-order valence-electron chi connectivity index (χ4n) is 2.11. The summed E-state index contributed by atoms with van der Waals surface area (Å²) in [6.07, 6.45) is 0. The van der Waals surface area contributed by atoms with Gasteiger partial charge in [0, 0.05) is 11.8 Å². The molecule has 0 atom stereocenters. The first-order chi connectivity index (χ1) is 9.25. The average molecular weight is 302 g/mol. The molecule has 1 saturated heterocycles. The van der Waals surface area contributed by atoms with Gasteiger partial charge in [-0.1, -0.05) is 0 Å². The zero-order chi connectivity index (χ0) is 15.1. The lowest BCUT2D eigenvalue weighted by molar-refractivity contribution is -0.121. The molecule has 0 aliphatic carbocycles. The fourth-order valence-corrected chi connectivity index (χ4v) is 3.48. The first-order valence-electron chi connectivity index (χ1n) is 5.78. The Labute approximate surface area is 113 Å². The molecule has 1 aliphatic rings. The minimum Gasteiger partial charge on any atom is -0.293 e. The fraction of sp³-hybridized carbons (Fsp3) is 0.500. The zero-order valence-corrected chi connectivity index (χ0v) is 11.5. The van der Waals surface area contributed by atoms with E-state index in [0.29, 0.717) is 5.69 Å². The Bertz CT molecular complexity index is 764. The molecule has 3 N–H and O–H groups in total. The molecule has 1 aromatic rings. The summed E-state index contributed by atoms with van der Waals surface area (Å²) in [4.78, 5) is 35.3. The van der Waals surface area contributed by atoms with Crippen molar-refractivity contribution in [3.8, 4) is 0 Å². The van der Waals surface area contributed by atoms with Crippen LogP contribution in [0.25, 0.3) is 0 Å². The lowest BCUT2D eigenvalue weighted by atomic mass is 10.3. The Morgan fingerprint density at radius 3 is 2.55 bits per heavy atom. The van der Waals surface area contributed by atoms with Gasteiger partial charge in [-0.3, -0.25) is 24.1 Å². The number of sulfone groups is 1. The number of nitrogens with one attached hydrogen (secondary N) is 1. The van der Waals surface area contributed by atoms with E-state index >= 15 is 0 Å². The molecule has 10 heteroatoms. The van der Waals surface area contributed by atoms with E-state index in [0.717, 1.165) is 9.13 Å². The van der Waals surface area contributed by atoms with Crippen LogP contribution in [-0.4, -0.2) is 35.0 Å². The van der Waals surface area contributed by atoms with Gasteiger partial charge in [0.1, 0.15) is 6.54 Å². The van der Waals surface area contributed by atoms with Crippen molar-refractivity contribution >= 4 is 15.7 Å². The van der Waals surface area contributed by atoms with Crippen molar-refractivity contribution in [3.05, 3.63) is 32.6 Å². The molecular weight excluding hydrogens is 288 g/mol. The monoisotopic (exact) mass is 302 g/mol. The lowest BCUT2D eigenvalue weighted by Gasteiger charge is -2.27. The first-order valence-corrected chi connectivity index (χ1v) is 7.60. The van der Waals surface area contributed by atoms with Gasteiger partial charge in [-0.15, -0.1) is 0 Å². The predicted molar refractivity (Wildman–Crippen MR) is 69.7 cm³/mol. The maximum absolute atomic E-state index is 12.2. The van der Waals surface area contributed by atoms with Crippen molar-refractivity contribution in [1.82, 2.24) is 14.6 Å². The molecule has 1 aromatic heterocycles. The van der Waals surface area contributed by atoms with Gasteiger partial charge in [-0.2, -0.15) is 0 Å². The van der Waals surface area contributed by atoms with Gasteiger partial charge in [-0.05, 0) is 6.92 Å². The Morgan fingerprint density at radius 1 is 1.45 bits per heavy atom. The lowest BCUT2D eigenvalue weighted by Crippen LogP contribution is -2.51. The van der Waals surface area contributed by atoms with Crippen molar-refractivity contribution < 1.29 is 13.2 Å². The van der Waals surface area contributed by atoms with Crippen molar-refractivity contribution in [2.24, 2.45) is 5.84 Å². The molecule has 0 bridgehead atoms. The molecule has 20 heavy (non-hydrogen) atoms. The van der Waals surface area contributed by atoms with Gasteiger partial charge in [0.25, 0.3) is 11.5 Å². The topological polar surface area (TPSA) is 133 Å². The largest absolute Gasteiger partial charge is 0.331 e. The highest BCUT2D eigenvalue weighted by Crippen LogP contribution is 2.20. The molecule has 0 unspecified atom stereocenters. The molecule has 0 spiro atoms. The van der Waals surface area contributed by atoms with Crippen LogP contribution in [0.4, 0.5) is 0 Å². The summed E-state index contributed by atoms with van der Waals surface area (Å²) >= 11 is 0. The van der Waals surface area contributed by atoms with Crippen LogP contribution in [0.3, 0.4) is 0 Å². The van der Waals surface area contributed by atoms with E-state index < -0.39 is 33.0 Å². The molecule has 0 aromatic carbocycles. The smallest absolute Gasteiger partial charge is 0.293 e. The summed E-state index contributed by atoms with van der Waals surface area (Å²) in [5, 5.41) is 0. The van der Waals surface area contributed by atoms with Crippen molar-refractivity contribution in [2.75, 3.05) is 11.5 Å². The van der Waals surface area contributed by atoms with Gasteiger partial charge in [0.05, 0.1) is 17.5 Å². The second-order valence-corrected chi connectivity index (χ2v) is 6.81. The Kier molecular flexibility index (Phi) is 3.52. The minimum atomic E-state index is -3.17. The van der Waals surface area contributed by atoms with E-state index in [1.165, 1.54) is 13.0 Å². The Balaban J connectivity index is 2.49. The number of hydrogen-bond acceptors (Lipinski definition) is 6. The summed E-state index contributed by atoms with van der Waals surface area (Å²) in [5.41, 5.74) is 0.916. The highest BCUT2D eigenvalue weighted by atomic mass is 32.2. The highest BCUT2D eigenvalue weighted by molar-refractivity contribution is 7.92. The molecular formula is C10H14N4O5S. The van der Waals surface area contributed by atoms with Crippen LogP contribution in [0.2, 0.25) is 0 Å². The van der Waals surface area contributed by atoms with Gasteiger partial charge >= 0.3 is 5.69 Å². The van der Waals surface area contributed by atoms with Gasteiger partial charge in [-0.25, -0.2) is 19.1 Å². The summed E-state index contributed by atoms with van der Waals surface area (Å²) in [7, 11) is -3.17. The molecule has 110 valence electrons. The normalized spacial score (nSPS) is 17.5. The van der Waals surface area contributed by atoms with Crippen LogP contribution < -0.4 is 22.5 Å². The molecule has 0 radical (unpaired) electrons. The number of hydrazine groups is 1. The van der Waals surface area contributed by atoms with Gasteiger partial charge in [0.2, 0.25) is 0 Å². The van der Waals surface area contributed by atoms with E-state index in [4.69, 9.17) is 5.84 Å². The number of aryl methyl sites for hydroxylation is 1. The van der Waals surface area contributed by atoms with Crippen molar-refractivity contribution in [3.63, 3.8) is 0 Å². The SMILES string of the molecule is Cc1cc(=O)n(C2CS(=O)(=O)C2)c(=O)n1CC(=O)NN. The van der Waals surface area contributed by atoms with Gasteiger partial charge in [0.15, 0.2) is 9.84 Å². The quantitative estimate of drug-likeness (QED) is 0.354. The van der Waals surface area contributed by atoms with Crippen molar-refractivity contribution in [1.29, 1.82) is 0 Å². The van der Waals surface area contributed by atoms with Crippen LogP contribution in [0.15, 0.2) is 15.7 Å². The van der Waals surface area contributed by atoms with Crippen LogP contribution in [0.1, 0.15) is 11.7 Å². The molecule has 9 nitrogen and oxygen atoms in total. The summed E-state index contributed by atoms with van der Waals surface area (Å²) in [5.74, 6) is 3.88. The van der Waals surface area contributed by atoms with E-state index in [1.807, 2.05) is 5.43 Å². The van der Waals surface area contributed by atoms with Crippen LogP contribution in [0.5, 0.6) is 0 Å². The van der Waals surface area contributed by atoms with Crippen LogP contribution in [-0.2, 0) is 21.2 Å². The Morgan fingerprint density at radius 2 is 2.05 bits per heavy atom. The average Bonchev–Trinajstić information content (AvgIpc) is 2.31. The first kappa shape index (κ1) is 14.5. The molecule has 2 rings (SSSR count). The molecule has 1 fully saturated rings. The maximum atomic E-state index is 12.2. The summed E-state index contributed by atoms with van der Waals surface area (Å²) < 4.78 is 24.3.